The highest BCUT2D eigenvalue weighted by atomic mass is 32.1. The summed E-state index contributed by atoms with van der Waals surface area (Å²) in [6.07, 6.45) is 5.39. The topological polar surface area (TPSA) is 67.7 Å². The molecule has 0 atom stereocenters. The van der Waals surface area contributed by atoms with E-state index in [0.717, 1.165) is 51.1 Å². The second-order valence-corrected chi connectivity index (χ2v) is 9.78. The molecular formula is C28H25N5S. The van der Waals surface area contributed by atoms with E-state index in [1.807, 2.05) is 29.8 Å². The van der Waals surface area contributed by atoms with Gasteiger partial charge in [0.2, 0.25) is 0 Å². The van der Waals surface area contributed by atoms with E-state index < -0.39 is 0 Å². The number of hydrogen-bond acceptors (Lipinski definition) is 5. The number of nitrogens with one attached hydrogen (secondary N) is 2. The molecule has 0 unspecified atom stereocenters. The van der Waals surface area contributed by atoms with Crippen LogP contribution in [-0.4, -0.2) is 29.0 Å². The number of pyridine rings is 1. The van der Waals surface area contributed by atoms with Gasteiger partial charge in [0.05, 0.1) is 11.3 Å². The van der Waals surface area contributed by atoms with Gasteiger partial charge in [-0.1, -0.05) is 18.2 Å². The van der Waals surface area contributed by atoms with Crippen LogP contribution in [0.3, 0.4) is 0 Å². The Morgan fingerprint density at radius 1 is 1.06 bits per heavy atom. The third-order valence-electron chi connectivity index (χ3n) is 5.92. The molecule has 3 heterocycles. The van der Waals surface area contributed by atoms with Crippen LogP contribution >= 0.6 is 11.3 Å². The summed E-state index contributed by atoms with van der Waals surface area (Å²) in [6, 6.07) is 21.3. The van der Waals surface area contributed by atoms with Gasteiger partial charge in [-0.15, -0.1) is 11.3 Å². The second-order valence-electron chi connectivity index (χ2n) is 8.61. The first-order valence-corrected chi connectivity index (χ1v) is 11.9. The summed E-state index contributed by atoms with van der Waals surface area (Å²) in [5, 5.41) is 14.6. The van der Waals surface area contributed by atoms with Gasteiger partial charge < -0.3 is 15.2 Å². The van der Waals surface area contributed by atoms with Crippen molar-refractivity contribution in [3.8, 4) is 27.6 Å². The Labute approximate surface area is 203 Å². The lowest BCUT2D eigenvalue weighted by atomic mass is 10.00. The number of thiophene rings is 1. The first kappa shape index (κ1) is 21.9. The molecule has 0 aliphatic carbocycles. The summed E-state index contributed by atoms with van der Waals surface area (Å²) in [7, 11) is 4.17. The number of anilines is 2. The first-order valence-electron chi connectivity index (χ1n) is 11.1. The van der Waals surface area contributed by atoms with Gasteiger partial charge in [-0.3, -0.25) is 4.98 Å². The second kappa shape index (κ2) is 9.14. The Balaban J connectivity index is 1.56. The van der Waals surface area contributed by atoms with Crippen LogP contribution in [-0.2, 0) is 6.54 Å². The molecule has 2 N–H and O–H groups in total. The highest BCUT2D eigenvalue weighted by Gasteiger charge is 2.15. The number of aryl methyl sites for hydroxylation is 1. The lowest BCUT2D eigenvalue weighted by Crippen LogP contribution is -2.09. The Kier molecular flexibility index (Phi) is 5.89. The van der Waals surface area contributed by atoms with E-state index >= 15 is 0 Å². The minimum Gasteiger partial charge on any atom is -0.361 e. The van der Waals surface area contributed by atoms with Crippen molar-refractivity contribution in [3.05, 3.63) is 89.2 Å². The minimum atomic E-state index is 0.515. The summed E-state index contributed by atoms with van der Waals surface area (Å²) in [5.74, 6) is 0. The smallest absolute Gasteiger partial charge is 0.103 e. The van der Waals surface area contributed by atoms with Crippen LogP contribution < -0.4 is 5.32 Å². The molecular weight excluding hydrogens is 438 g/mol. The number of benzene rings is 2. The van der Waals surface area contributed by atoms with Gasteiger partial charge >= 0.3 is 0 Å². The van der Waals surface area contributed by atoms with E-state index in [4.69, 9.17) is 0 Å². The molecule has 168 valence electrons. The average molecular weight is 464 g/mol. The maximum absolute atomic E-state index is 9.85. The van der Waals surface area contributed by atoms with E-state index in [2.05, 4.69) is 95.8 Å². The van der Waals surface area contributed by atoms with Crippen molar-refractivity contribution in [3.63, 3.8) is 0 Å². The third-order valence-corrected chi connectivity index (χ3v) is 7.04. The van der Waals surface area contributed by atoms with Crippen LogP contribution in [0.1, 0.15) is 16.0 Å². The van der Waals surface area contributed by atoms with Gasteiger partial charge in [0.1, 0.15) is 6.07 Å². The molecule has 0 aliphatic heterocycles. The predicted octanol–water partition coefficient (Wildman–Crippen LogP) is 6.94. The van der Waals surface area contributed by atoms with Gasteiger partial charge in [-0.05, 0) is 74.1 Å². The standard InChI is InChI=1S/C28H25N5S/c1-18-23-11-12-31-26(23)9-8-25(18)32-28-21(14-29)15-30-16-24(28)19-5-4-6-20(13-19)27-10-7-22(34-27)17-33(2)3/h4-13,15-16,31H,17H2,1-3H3,(H,30,32). The largest absolute Gasteiger partial charge is 0.361 e. The molecule has 0 bridgehead atoms. The zero-order valence-corrected chi connectivity index (χ0v) is 20.2. The van der Waals surface area contributed by atoms with Crippen molar-refractivity contribution >= 4 is 33.6 Å². The van der Waals surface area contributed by atoms with Crippen molar-refractivity contribution in [2.45, 2.75) is 13.5 Å². The van der Waals surface area contributed by atoms with Crippen molar-refractivity contribution in [1.82, 2.24) is 14.9 Å². The molecule has 0 amide bonds. The summed E-state index contributed by atoms with van der Waals surface area (Å²) >= 11 is 1.81. The molecule has 0 saturated heterocycles. The molecule has 6 heteroatoms. The lowest BCUT2D eigenvalue weighted by molar-refractivity contribution is 0.406. The van der Waals surface area contributed by atoms with Crippen LogP contribution in [0.15, 0.2) is 73.2 Å². The number of nitriles is 1. The number of nitrogens with zero attached hydrogens (tertiary/aromatic N) is 3. The average Bonchev–Trinajstić information content (AvgIpc) is 3.51. The number of H-pyrrole nitrogens is 1. The zero-order chi connectivity index (χ0) is 23.7. The van der Waals surface area contributed by atoms with Gasteiger partial charge in [-0.2, -0.15) is 5.26 Å². The van der Waals surface area contributed by atoms with Crippen molar-refractivity contribution in [2.75, 3.05) is 19.4 Å². The fraction of sp³-hybridized carbons (Fsp3) is 0.143. The van der Waals surface area contributed by atoms with Crippen LogP contribution in [0.4, 0.5) is 11.4 Å². The van der Waals surface area contributed by atoms with Crippen LogP contribution in [0.5, 0.6) is 0 Å². The van der Waals surface area contributed by atoms with Crippen LogP contribution in [0.2, 0.25) is 0 Å². The highest BCUT2D eigenvalue weighted by Crippen LogP contribution is 2.37. The highest BCUT2D eigenvalue weighted by molar-refractivity contribution is 7.15. The summed E-state index contributed by atoms with van der Waals surface area (Å²) < 4.78 is 0. The normalized spacial score (nSPS) is 11.1. The molecule has 0 aliphatic rings. The van der Waals surface area contributed by atoms with Gasteiger partial charge in [0.15, 0.2) is 0 Å². The summed E-state index contributed by atoms with van der Waals surface area (Å²) in [5.41, 5.74) is 7.56. The molecule has 34 heavy (non-hydrogen) atoms. The number of aromatic amines is 1. The van der Waals surface area contributed by atoms with E-state index in [1.165, 1.54) is 9.75 Å². The van der Waals surface area contributed by atoms with E-state index in [0.29, 0.717) is 5.56 Å². The number of rotatable bonds is 6. The maximum atomic E-state index is 9.85. The lowest BCUT2D eigenvalue weighted by Gasteiger charge is -2.16. The fourth-order valence-corrected chi connectivity index (χ4v) is 5.34. The molecule has 0 spiro atoms. The van der Waals surface area contributed by atoms with Crippen molar-refractivity contribution < 1.29 is 0 Å². The molecule has 0 saturated carbocycles. The molecule has 3 aromatic heterocycles. The summed E-state index contributed by atoms with van der Waals surface area (Å²) in [6.45, 7) is 3.02. The number of fused-ring (bicyclic) bond motifs is 1. The van der Waals surface area contributed by atoms with E-state index in [1.54, 1.807) is 6.20 Å². The van der Waals surface area contributed by atoms with Crippen molar-refractivity contribution in [2.24, 2.45) is 0 Å². The van der Waals surface area contributed by atoms with E-state index in [-0.39, 0.29) is 0 Å². The van der Waals surface area contributed by atoms with Gasteiger partial charge in [0.25, 0.3) is 0 Å². The zero-order valence-electron chi connectivity index (χ0n) is 19.4. The Bertz CT molecular complexity index is 1520. The fourth-order valence-electron chi connectivity index (χ4n) is 4.22. The number of aromatic nitrogens is 2. The van der Waals surface area contributed by atoms with Crippen LogP contribution in [0, 0.1) is 18.3 Å². The minimum absolute atomic E-state index is 0.515. The Hall–Kier alpha value is -3.92. The monoisotopic (exact) mass is 463 g/mol. The Morgan fingerprint density at radius 3 is 2.74 bits per heavy atom. The van der Waals surface area contributed by atoms with E-state index in [9.17, 15) is 5.26 Å². The molecule has 2 aromatic carbocycles. The summed E-state index contributed by atoms with van der Waals surface area (Å²) in [4.78, 5) is 12.4. The van der Waals surface area contributed by atoms with Crippen LogP contribution in [0.25, 0.3) is 32.5 Å². The third kappa shape index (κ3) is 4.19. The number of hydrogen-bond donors (Lipinski definition) is 2. The Morgan fingerprint density at radius 2 is 1.91 bits per heavy atom. The molecule has 0 fully saturated rings. The maximum Gasteiger partial charge on any atom is 0.103 e. The van der Waals surface area contributed by atoms with Crippen molar-refractivity contribution in [1.29, 1.82) is 5.26 Å². The van der Waals surface area contributed by atoms with Gasteiger partial charge in [-0.25, -0.2) is 0 Å². The molecule has 5 aromatic rings. The molecule has 5 rings (SSSR count). The SMILES string of the molecule is Cc1c(Nc2c(C#N)cncc2-c2cccc(-c3ccc(CN(C)C)s3)c2)ccc2[nH]ccc12. The predicted molar refractivity (Wildman–Crippen MR) is 141 cm³/mol. The molecule has 0 radical (unpaired) electrons. The molecule has 5 nitrogen and oxygen atoms in total. The first-order chi connectivity index (χ1) is 16.5. The quantitative estimate of drug-likeness (QED) is 0.286. The van der Waals surface area contributed by atoms with Gasteiger partial charge in [0, 0.05) is 57.0 Å².